The first-order valence-electron chi connectivity index (χ1n) is 6.45. The molecule has 2 unspecified atom stereocenters. The summed E-state index contributed by atoms with van der Waals surface area (Å²) in [7, 11) is 1.98. The van der Waals surface area contributed by atoms with Crippen LogP contribution >= 0.6 is 0 Å². The molecule has 100 valence electrons. The lowest BCUT2D eigenvalue weighted by Crippen LogP contribution is -2.29. The second-order valence-electron chi connectivity index (χ2n) is 4.83. The number of nitrogens with one attached hydrogen (secondary N) is 1. The minimum absolute atomic E-state index is 0.270. The highest BCUT2D eigenvalue weighted by molar-refractivity contribution is 5.23. The van der Waals surface area contributed by atoms with Gasteiger partial charge < -0.3 is 10.1 Å². The van der Waals surface area contributed by atoms with E-state index in [0.29, 0.717) is 18.6 Å². The lowest BCUT2D eigenvalue weighted by atomic mass is 10.0. The monoisotopic (exact) mass is 255 g/mol. The topological polar surface area (TPSA) is 21.3 Å². The van der Waals surface area contributed by atoms with Crippen molar-refractivity contribution in [2.45, 2.75) is 31.7 Å². The first kappa shape index (κ1) is 13.3. The molecule has 1 aliphatic rings. The Morgan fingerprint density at radius 1 is 1.22 bits per heavy atom. The number of ether oxygens (including phenoxy) is 1. The van der Waals surface area contributed by atoms with Crippen LogP contribution in [0.2, 0.25) is 0 Å². The molecule has 0 bridgehead atoms. The van der Waals surface area contributed by atoms with Gasteiger partial charge in [-0.2, -0.15) is 0 Å². The fraction of sp³-hybridized carbons (Fsp3) is 0.571. The molecule has 0 aliphatic heterocycles. The van der Waals surface area contributed by atoms with E-state index < -0.39 is 11.6 Å². The normalized spacial score (nSPS) is 23.3. The van der Waals surface area contributed by atoms with Crippen molar-refractivity contribution >= 4 is 0 Å². The van der Waals surface area contributed by atoms with Crippen LogP contribution in [-0.4, -0.2) is 19.7 Å². The maximum atomic E-state index is 12.9. The van der Waals surface area contributed by atoms with E-state index in [2.05, 4.69) is 5.32 Å². The Morgan fingerprint density at radius 2 is 1.94 bits per heavy atom. The summed E-state index contributed by atoms with van der Waals surface area (Å²) in [5.74, 6) is -0.321. The van der Waals surface area contributed by atoms with Gasteiger partial charge in [0.15, 0.2) is 0 Å². The Bertz CT molecular complexity index is 377. The SMILES string of the molecule is CNC1CCCC1CCOc1cc(F)cc(F)c1. The zero-order valence-electron chi connectivity index (χ0n) is 10.6. The van der Waals surface area contributed by atoms with E-state index in [0.717, 1.165) is 12.5 Å². The van der Waals surface area contributed by atoms with Gasteiger partial charge in [-0.3, -0.25) is 0 Å². The second-order valence-corrected chi connectivity index (χ2v) is 4.83. The molecule has 1 fully saturated rings. The van der Waals surface area contributed by atoms with Crippen molar-refractivity contribution in [2.24, 2.45) is 5.92 Å². The van der Waals surface area contributed by atoms with Crippen LogP contribution in [0.25, 0.3) is 0 Å². The Labute approximate surface area is 106 Å². The second kappa shape index (κ2) is 6.14. The number of hydrogen-bond acceptors (Lipinski definition) is 2. The summed E-state index contributed by atoms with van der Waals surface area (Å²) in [6, 6.07) is 3.83. The molecule has 0 saturated heterocycles. The predicted octanol–water partition coefficient (Wildman–Crippen LogP) is 3.12. The molecule has 0 radical (unpaired) electrons. The standard InChI is InChI=1S/C14H19F2NO/c1-17-14-4-2-3-10(14)5-6-18-13-8-11(15)7-12(16)9-13/h7-10,14,17H,2-6H2,1H3. The molecule has 2 nitrogen and oxygen atoms in total. The molecule has 0 amide bonds. The summed E-state index contributed by atoms with van der Waals surface area (Å²) in [4.78, 5) is 0. The largest absolute Gasteiger partial charge is 0.493 e. The first-order valence-corrected chi connectivity index (χ1v) is 6.45. The number of rotatable bonds is 5. The van der Waals surface area contributed by atoms with Gasteiger partial charge in [-0.05, 0) is 32.2 Å². The third-order valence-corrected chi connectivity index (χ3v) is 3.62. The third kappa shape index (κ3) is 3.42. The molecular weight excluding hydrogens is 236 g/mol. The van der Waals surface area contributed by atoms with Gasteiger partial charge in [0, 0.05) is 24.2 Å². The molecule has 0 aromatic heterocycles. The molecule has 1 aliphatic carbocycles. The van der Waals surface area contributed by atoms with E-state index in [1.54, 1.807) is 0 Å². The minimum atomic E-state index is -0.598. The van der Waals surface area contributed by atoms with Crippen molar-refractivity contribution in [3.05, 3.63) is 29.8 Å². The summed E-state index contributed by atoms with van der Waals surface area (Å²) >= 11 is 0. The van der Waals surface area contributed by atoms with Crippen LogP contribution < -0.4 is 10.1 Å². The molecule has 0 heterocycles. The van der Waals surface area contributed by atoms with E-state index in [4.69, 9.17) is 4.74 Å². The third-order valence-electron chi connectivity index (χ3n) is 3.62. The maximum Gasteiger partial charge on any atom is 0.129 e. The molecular formula is C14H19F2NO. The Morgan fingerprint density at radius 3 is 2.61 bits per heavy atom. The smallest absolute Gasteiger partial charge is 0.129 e. The van der Waals surface area contributed by atoms with Crippen molar-refractivity contribution in [2.75, 3.05) is 13.7 Å². The quantitative estimate of drug-likeness (QED) is 0.872. The molecule has 2 rings (SSSR count). The molecule has 1 aromatic carbocycles. The van der Waals surface area contributed by atoms with Gasteiger partial charge in [-0.1, -0.05) is 6.42 Å². The summed E-state index contributed by atoms with van der Waals surface area (Å²) in [5.41, 5.74) is 0. The lowest BCUT2D eigenvalue weighted by molar-refractivity contribution is 0.261. The van der Waals surface area contributed by atoms with Gasteiger partial charge in [-0.15, -0.1) is 0 Å². The van der Waals surface area contributed by atoms with Gasteiger partial charge in [0.1, 0.15) is 17.4 Å². The van der Waals surface area contributed by atoms with Crippen molar-refractivity contribution < 1.29 is 13.5 Å². The van der Waals surface area contributed by atoms with Crippen molar-refractivity contribution in [1.82, 2.24) is 5.32 Å². The molecule has 0 spiro atoms. The zero-order chi connectivity index (χ0) is 13.0. The zero-order valence-corrected chi connectivity index (χ0v) is 10.6. The van der Waals surface area contributed by atoms with E-state index in [-0.39, 0.29) is 5.75 Å². The Kier molecular flexibility index (Phi) is 4.53. The fourth-order valence-electron chi connectivity index (χ4n) is 2.70. The van der Waals surface area contributed by atoms with Gasteiger partial charge in [0.2, 0.25) is 0 Å². The molecule has 1 aromatic rings. The van der Waals surface area contributed by atoms with Crippen molar-refractivity contribution in [1.29, 1.82) is 0 Å². The molecule has 4 heteroatoms. The highest BCUT2D eigenvalue weighted by Crippen LogP contribution is 2.28. The number of hydrogen-bond donors (Lipinski definition) is 1. The number of benzene rings is 1. The van der Waals surface area contributed by atoms with E-state index in [1.165, 1.54) is 31.4 Å². The highest BCUT2D eigenvalue weighted by Gasteiger charge is 2.25. The summed E-state index contributed by atoms with van der Waals surface area (Å²) in [5, 5.41) is 3.31. The van der Waals surface area contributed by atoms with E-state index in [1.807, 2.05) is 7.05 Å². The molecule has 1 saturated carbocycles. The van der Waals surface area contributed by atoms with E-state index in [9.17, 15) is 8.78 Å². The number of halogens is 2. The van der Waals surface area contributed by atoms with Gasteiger partial charge in [0.05, 0.1) is 6.61 Å². The average molecular weight is 255 g/mol. The Hall–Kier alpha value is -1.16. The first-order chi connectivity index (χ1) is 8.69. The van der Waals surface area contributed by atoms with Crippen LogP contribution in [0.15, 0.2) is 18.2 Å². The van der Waals surface area contributed by atoms with E-state index >= 15 is 0 Å². The summed E-state index contributed by atoms with van der Waals surface area (Å²) < 4.78 is 31.3. The van der Waals surface area contributed by atoms with Crippen LogP contribution in [0.4, 0.5) is 8.78 Å². The molecule has 2 atom stereocenters. The lowest BCUT2D eigenvalue weighted by Gasteiger charge is -2.18. The van der Waals surface area contributed by atoms with Crippen molar-refractivity contribution in [3.63, 3.8) is 0 Å². The van der Waals surface area contributed by atoms with Gasteiger partial charge >= 0.3 is 0 Å². The van der Waals surface area contributed by atoms with Gasteiger partial charge in [-0.25, -0.2) is 8.78 Å². The van der Waals surface area contributed by atoms with Crippen LogP contribution in [0.3, 0.4) is 0 Å². The maximum absolute atomic E-state index is 12.9. The van der Waals surface area contributed by atoms with Crippen LogP contribution in [-0.2, 0) is 0 Å². The van der Waals surface area contributed by atoms with Crippen LogP contribution in [0.5, 0.6) is 5.75 Å². The Balaban J connectivity index is 1.81. The van der Waals surface area contributed by atoms with Crippen LogP contribution in [0.1, 0.15) is 25.7 Å². The predicted molar refractivity (Wildman–Crippen MR) is 66.7 cm³/mol. The summed E-state index contributed by atoms with van der Waals surface area (Å²) in [6.45, 7) is 0.506. The molecule has 1 N–H and O–H groups in total. The van der Waals surface area contributed by atoms with Crippen LogP contribution in [0, 0.1) is 17.6 Å². The highest BCUT2D eigenvalue weighted by atomic mass is 19.1. The fourth-order valence-corrected chi connectivity index (χ4v) is 2.70. The molecule has 18 heavy (non-hydrogen) atoms. The summed E-state index contributed by atoms with van der Waals surface area (Å²) in [6.07, 6.45) is 4.57. The van der Waals surface area contributed by atoms with Gasteiger partial charge in [0.25, 0.3) is 0 Å². The van der Waals surface area contributed by atoms with Crippen molar-refractivity contribution in [3.8, 4) is 5.75 Å². The average Bonchev–Trinajstić information content (AvgIpc) is 2.75. The minimum Gasteiger partial charge on any atom is -0.493 e.